The molecule has 4 nitrogen and oxygen atoms in total. The van der Waals surface area contributed by atoms with E-state index in [-0.39, 0.29) is 18.4 Å². The predicted molar refractivity (Wildman–Crippen MR) is 62.7 cm³/mol. The van der Waals surface area contributed by atoms with E-state index in [0.29, 0.717) is 6.54 Å². The van der Waals surface area contributed by atoms with Crippen molar-refractivity contribution in [2.45, 2.75) is 44.9 Å². The summed E-state index contributed by atoms with van der Waals surface area (Å²) in [7, 11) is -3.05. The van der Waals surface area contributed by atoms with Crippen LogP contribution in [0.4, 0.5) is 0 Å². The topological polar surface area (TPSA) is 66.4 Å². The van der Waals surface area contributed by atoms with Gasteiger partial charge in [-0.25, -0.2) is 8.42 Å². The van der Waals surface area contributed by atoms with E-state index in [2.05, 4.69) is 5.32 Å². The van der Waals surface area contributed by atoms with Crippen molar-refractivity contribution in [1.82, 2.24) is 5.32 Å². The molecule has 0 rings (SSSR count). The van der Waals surface area contributed by atoms with Gasteiger partial charge in [-0.05, 0) is 27.2 Å². The van der Waals surface area contributed by atoms with Gasteiger partial charge in [0, 0.05) is 12.6 Å². The Kier molecular flexibility index (Phi) is 5.77. The van der Waals surface area contributed by atoms with Crippen molar-refractivity contribution in [2.75, 3.05) is 18.9 Å². The molecule has 0 aliphatic heterocycles. The van der Waals surface area contributed by atoms with Crippen molar-refractivity contribution in [2.24, 2.45) is 0 Å². The predicted octanol–water partition coefficient (Wildman–Crippen LogP) is 0.560. The van der Waals surface area contributed by atoms with E-state index in [4.69, 9.17) is 5.11 Å². The maximum atomic E-state index is 11.7. The Morgan fingerprint density at radius 2 is 1.87 bits per heavy atom. The third-order valence-electron chi connectivity index (χ3n) is 2.45. The second kappa shape index (κ2) is 5.82. The smallest absolute Gasteiger partial charge is 0.156 e. The fourth-order valence-corrected chi connectivity index (χ4v) is 2.04. The van der Waals surface area contributed by atoms with Gasteiger partial charge in [-0.2, -0.15) is 0 Å². The van der Waals surface area contributed by atoms with Crippen LogP contribution in [0.15, 0.2) is 0 Å². The van der Waals surface area contributed by atoms with Crippen LogP contribution >= 0.6 is 0 Å². The van der Waals surface area contributed by atoms with Crippen molar-refractivity contribution in [3.63, 3.8) is 0 Å². The molecule has 1 atom stereocenters. The van der Waals surface area contributed by atoms with E-state index in [1.165, 1.54) is 0 Å². The van der Waals surface area contributed by atoms with Crippen LogP contribution in [0.2, 0.25) is 0 Å². The zero-order valence-corrected chi connectivity index (χ0v) is 10.9. The van der Waals surface area contributed by atoms with Crippen LogP contribution in [0.1, 0.15) is 34.1 Å². The van der Waals surface area contributed by atoms with E-state index in [9.17, 15) is 8.42 Å². The first-order valence-electron chi connectivity index (χ1n) is 5.31. The van der Waals surface area contributed by atoms with Crippen LogP contribution in [0.25, 0.3) is 0 Å². The first-order chi connectivity index (χ1) is 6.74. The largest absolute Gasteiger partial charge is 0.395 e. The summed E-state index contributed by atoms with van der Waals surface area (Å²) in [6.07, 6.45) is 0.798. The van der Waals surface area contributed by atoms with Crippen molar-refractivity contribution in [3.8, 4) is 0 Å². The minimum Gasteiger partial charge on any atom is -0.395 e. The van der Waals surface area contributed by atoms with Crippen LogP contribution < -0.4 is 5.32 Å². The fourth-order valence-electron chi connectivity index (χ4n) is 1.04. The monoisotopic (exact) mass is 237 g/mol. The first kappa shape index (κ1) is 14.9. The van der Waals surface area contributed by atoms with Gasteiger partial charge in [-0.1, -0.05) is 6.92 Å². The van der Waals surface area contributed by atoms with Crippen LogP contribution in [0.5, 0.6) is 0 Å². The normalized spacial score (nSPS) is 15.3. The van der Waals surface area contributed by atoms with Gasteiger partial charge < -0.3 is 10.4 Å². The van der Waals surface area contributed by atoms with Gasteiger partial charge in [0.05, 0.1) is 17.1 Å². The molecule has 0 aliphatic carbocycles. The van der Waals surface area contributed by atoms with Crippen molar-refractivity contribution in [1.29, 1.82) is 0 Å². The molecule has 0 bridgehead atoms. The molecule has 1 unspecified atom stereocenters. The molecule has 0 heterocycles. The number of aliphatic hydroxyl groups is 1. The van der Waals surface area contributed by atoms with Crippen LogP contribution in [0.3, 0.4) is 0 Å². The maximum absolute atomic E-state index is 11.7. The van der Waals surface area contributed by atoms with Gasteiger partial charge in [-0.15, -0.1) is 0 Å². The van der Waals surface area contributed by atoms with E-state index >= 15 is 0 Å². The molecule has 0 fully saturated rings. The van der Waals surface area contributed by atoms with Crippen LogP contribution in [-0.2, 0) is 9.84 Å². The third-order valence-corrected chi connectivity index (χ3v) is 5.06. The van der Waals surface area contributed by atoms with Crippen LogP contribution in [0, 0.1) is 0 Å². The lowest BCUT2D eigenvalue weighted by Crippen LogP contribution is -2.39. The van der Waals surface area contributed by atoms with Crippen molar-refractivity contribution >= 4 is 9.84 Å². The van der Waals surface area contributed by atoms with Gasteiger partial charge in [0.1, 0.15) is 0 Å². The lowest BCUT2D eigenvalue weighted by atomic mass is 10.2. The molecule has 0 aromatic heterocycles. The number of nitrogens with one attached hydrogen (secondary N) is 1. The van der Waals surface area contributed by atoms with Crippen molar-refractivity contribution in [3.05, 3.63) is 0 Å². The summed E-state index contributed by atoms with van der Waals surface area (Å²) in [6, 6.07) is 0.000156. The molecule has 15 heavy (non-hydrogen) atoms. The van der Waals surface area contributed by atoms with Gasteiger partial charge in [0.2, 0.25) is 0 Å². The Morgan fingerprint density at radius 3 is 2.20 bits per heavy atom. The molecule has 0 saturated carbocycles. The molecule has 0 saturated heterocycles. The molecule has 92 valence electrons. The highest BCUT2D eigenvalue weighted by Crippen LogP contribution is 2.15. The minimum atomic E-state index is -3.05. The Bertz CT molecular complexity index is 263. The van der Waals surface area contributed by atoms with Crippen molar-refractivity contribution < 1.29 is 13.5 Å². The molecule has 0 amide bonds. The lowest BCUT2D eigenvalue weighted by molar-refractivity contribution is 0.241. The molecule has 0 radical (unpaired) electrons. The zero-order valence-electron chi connectivity index (χ0n) is 10.1. The van der Waals surface area contributed by atoms with Gasteiger partial charge in [-0.3, -0.25) is 0 Å². The number of sulfone groups is 1. The summed E-state index contributed by atoms with van der Waals surface area (Å²) in [6.45, 7) is 7.50. The average molecular weight is 237 g/mol. The van der Waals surface area contributed by atoms with E-state index in [0.717, 1.165) is 6.42 Å². The minimum absolute atomic E-state index is 0.000156. The Labute approximate surface area is 93.0 Å². The highest BCUT2D eigenvalue weighted by Gasteiger charge is 2.28. The Hall–Kier alpha value is -0.130. The molecule has 0 aliphatic rings. The van der Waals surface area contributed by atoms with E-state index in [1.807, 2.05) is 6.92 Å². The number of hydrogen-bond donors (Lipinski definition) is 2. The molecular weight excluding hydrogens is 214 g/mol. The standard InChI is InChI=1S/C10H23NO3S/c1-5-9(8-12)11-6-7-15(13,14)10(2,3)4/h9,11-12H,5-8H2,1-4H3. The summed E-state index contributed by atoms with van der Waals surface area (Å²) < 4.78 is 22.7. The summed E-state index contributed by atoms with van der Waals surface area (Å²) in [5.74, 6) is 0.118. The van der Waals surface area contributed by atoms with Gasteiger partial charge in [0.25, 0.3) is 0 Å². The zero-order chi connectivity index (χ0) is 12.1. The summed E-state index contributed by atoms with van der Waals surface area (Å²) >= 11 is 0. The lowest BCUT2D eigenvalue weighted by Gasteiger charge is -2.20. The van der Waals surface area contributed by atoms with E-state index < -0.39 is 14.6 Å². The second-order valence-electron chi connectivity index (χ2n) is 4.67. The highest BCUT2D eigenvalue weighted by molar-refractivity contribution is 7.92. The molecule has 0 spiro atoms. The summed E-state index contributed by atoms with van der Waals surface area (Å²) in [5.41, 5.74) is 0. The average Bonchev–Trinajstić information content (AvgIpc) is 2.10. The first-order valence-corrected chi connectivity index (χ1v) is 6.96. The number of rotatable bonds is 6. The van der Waals surface area contributed by atoms with Gasteiger partial charge >= 0.3 is 0 Å². The Morgan fingerprint density at radius 1 is 1.33 bits per heavy atom. The Balaban J connectivity index is 4.07. The molecule has 0 aromatic carbocycles. The second-order valence-corrected chi connectivity index (χ2v) is 7.54. The maximum Gasteiger partial charge on any atom is 0.156 e. The van der Waals surface area contributed by atoms with E-state index in [1.54, 1.807) is 20.8 Å². The quantitative estimate of drug-likeness (QED) is 0.708. The third kappa shape index (κ3) is 4.95. The SMILES string of the molecule is CCC(CO)NCCS(=O)(=O)C(C)(C)C. The highest BCUT2D eigenvalue weighted by atomic mass is 32.2. The number of hydrogen-bond acceptors (Lipinski definition) is 4. The van der Waals surface area contributed by atoms with Crippen LogP contribution in [-0.4, -0.2) is 43.2 Å². The fraction of sp³-hybridized carbons (Fsp3) is 1.00. The molecule has 0 aromatic rings. The number of aliphatic hydroxyl groups excluding tert-OH is 1. The van der Waals surface area contributed by atoms with Gasteiger partial charge in [0.15, 0.2) is 9.84 Å². The molecule has 2 N–H and O–H groups in total. The summed E-state index contributed by atoms with van der Waals surface area (Å²) in [5, 5.41) is 11.9. The molecule has 5 heteroatoms. The molecular formula is C10H23NO3S. The summed E-state index contributed by atoms with van der Waals surface area (Å²) in [4.78, 5) is 0.